The van der Waals surface area contributed by atoms with E-state index in [0.717, 1.165) is 67.8 Å². The minimum absolute atomic E-state index is 0.194. The van der Waals surface area contributed by atoms with Gasteiger partial charge in [0.25, 0.3) is 0 Å². The molecular weight excluding hydrogens is 398 g/mol. The number of hydrogen-bond donors (Lipinski definition) is 4. The second kappa shape index (κ2) is 12.6. The highest BCUT2D eigenvalue weighted by molar-refractivity contribution is 5.50. The van der Waals surface area contributed by atoms with Gasteiger partial charge in [-0.25, -0.2) is 5.84 Å². The van der Waals surface area contributed by atoms with Crippen LogP contribution in [0.5, 0.6) is 0 Å². The molecule has 0 amide bonds. The second-order valence-corrected chi connectivity index (χ2v) is 10.1. The number of hydrazine groups is 1. The van der Waals surface area contributed by atoms with Crippen LogP contribution in [0.3, 0.4) is 0 Å². The van der Waals surface area contributed by atoms with Gasteiger partial charge in [-0.3, -0.25) is 9.91 Å². The van der Waals surface area contributed by atoms with E-state index in [1.165, 1.54) is 32.2 Å². The van der Waals surface area contributed by atoms with Crippen molar-refractivity contribution in [3.63, 3.8) is 0 Å². The van der Waals surface area contributed by atoms with Gasteiger partial charge in [0, 0.05) is 38.0 Å². The molecule has 2 aliphatic rings. The highest BCUT2D eigenvalue weighted by atomic mass is 16.2. The Morgan fingerprint density at radius 3 is 2.59 bits per heavy atom. The summed E-state index contributed by atoms with van der Waals surface area (Å²) >= 11 is 0. The number of nitrogens with two attached hydrogens (primary N) is 2. The lowest BCUT2D eigenvalue weighted by molar-refractivity contribution is 0.0507. The van der Waals surface area contributed by atoms with Crippen LogP contribution in [0.4, 0.5) is 5.69 Å². The van der Waals surface area contributed by atoms with Crippen molar-refractivity contribution in [3.8, 4) is 0 Å². The van der Waals surface area contributed by atoms with Crippen molar-refractivity contribution in [2.45, 2.75) is 64.8 Å². The predicted molar refractivity (Wildman–Crippen MR) is 134 cm³/mol. The number of rotatable bonds is 11. The van der Waals surface area contributed by atoms with Crippen molar-refractivity contribution in [2.75, 3.05) is 37.8 Å². The first kappa shape index (κ1) is 25.0. The van der Waals surface area contributed by atoms with E-state index in [-0.39, 0.29) is 6.61 Å². The van der Waals surface area contributed by atoms with Crippen molar-refractivity contribution in [1.82, 2.24) is 10.2 Å². The average molecular weight is 444 g/mol. The fraction of sp³-hybridized carbons (Fsp3) is 0.692. The molecule has 1 heterocycles. The molecule has 6 N–H and O–H groups in total. The highest BCUT2D eigenvalue weighted by Crippen LogP contribution is 2.36. The third kappa shape index (κ3) is 6.70. The fourth-order valence-corrected chi connectivity index (χ4v) is 5.64. The monoisotopic (exact) mass is 443 g/mol. The van der Waals surface area contributed by atoms with Crippen LogP contribution in [0.15, 0.2) is 41.7 Å². The fourth-order valence-electron chi connectivity index (χ4n) is 5.64. The maximum absolute atomic E-state index is 9.29. The first-order chi connectivity index (χ1) is 15.5. The molecule has 6 nitrogen and oxygen atoms in total. The van der Waals surface area contributed by atoms with Crippen LogP contribution in [0.2, 0.25) is 0 Å². The minimum atomic E-state index is 0.194. The zero-order valence-corrected chi connectivity index (χ0v) is 20.2. The molecule has 3 atom stereocenters. The maximum Gasteiger partial charge on any atom is 0.0572 e. The summed E-state index contributed by atoms with van der Waals surface area (Å²) in [5.41, 5.74) is 9.59. The number of hydrogen-bond acceptors (Lipinski definition) is 6. The van der Waals surface area contributed by atoms with Gasteiger partial charge in [-0.1, -0.05) is 44.9 Å². The standard InChI is InChI=1S/C26H45N5O/c1-20(2)18-30(26-17-29-16-21-10-6-7-13-23(21)26)19-24(27)25(14-8-9-15-32)31(28)22-11-4-3-5-12-22/h3-5,11-12,20-21,23,26,29,32H,6-10,13-19,27-28H2,1-2H3/b25-24-. The summed E-state index contributed by atoms with van der Waals surface area (Å²) in [6, 6.07) is 10.6. The average Bonchev–Trinajstić information content (AvgIpc) is 2.81. The van der Waals surface area contributed by atoms with Crippen molar-refractivity contribution < 1.29 is 5.11 Å². The van der Waals surface area contributed by atoms with Gasteiger partial charge < -0.3 is 16.2 Å². The van der Waals surface area contributed by atoms with Gasteiger partial charge in [-0.15, -0.1) is 0 Å². The number of aliphatic hydroxyl groups excluding tert-OH is 1. The largest absolute Gasteiger partial charge is 0.400 e. The summed E-state index contributed by atoms with van der Waals surface area (Å²) in [4.78, 5) is 2.63. The Morgan fingerprint density at radius 2 is 1.88 bits per heavy atom. The van der Waals surface area contributed by atoms with Gasteiger partial charge in [0.2, 0.25) is 0 Å². The molecule has 2 fully saturated rings. The summed E-state index contributed by atoms with van der Waals surface area (Å²) in [6.45, 7) is 8.77. The SMILES string of the molecule is CC(C)CN(C/C(N)=C(\CCCCO)N(N)c1ccccc1)C1CNCC2CCCCC21. The Balaban J connectivity index is 1.84. The van der Waals surface area contributed by atoms with E-state index in [1.807, 2.05) is 30.3 Å². The third-order valence-electron chi connectivity index (χ3n) is 7.18. The predicted octanol–water partition coefficient (Wildman–Crippen LogP) is 3.44. The molecule has 180 valence electrons. The Morgan fingerprint density at radius 1 is 1.12 bits per heavy atom. The smallest absolute Gasteiger partial charge is 0.0572 e. The number of anilines is 1. The van der Waals surface area contributed by atoms with E-state index in [1.54, 1.807) is 5.01 Å². The molecule has 3 unspecified atom stereocenters. The van der Waals surface area contributed by atoms with Crippen LogP contribution < -0.4 is 21.9 Å². The molecule has 3 rings (SSSR count). The van der Waals surface area contributed by atoms with Crippen molar-refractivity contribution in [1.29, 1.82) is 0 Å². The van der Waals surface area contributed by atoms with Crippen LogP contribution in [0, 0.1) is 17.8 Å². The lowest BCUT2D eigenvalue weighted by Crippen LogP contribution is -2.57. The van der Waals surface area contributed by atoms with Crippen molar-refractivity contribution >= 4 is 5.69 Å². The van der Waals surface area contributed by atoms with Crippen LogP contribution in [-0.2, 0) is 0 Å². The minimum Gasteiger partial charge on any atom is -0.400 e. The molecule has 1 aliphatic carbocycles. The van der Waals surface area contributed by atoms with E-state index >= 15 is 0 Å². The Bertz CT molecular complexity index is 705. The second-order valence-electron chi connectivity index (χ2n) is 10.1. The molecule has 1 saturated heterocycles. The van der Waals surface area contributed by atoms with E-state index < -0.39 is 0 Å². The zero-order valence-electron chi connectivity index (χ0n) is 20.2. The molecule has 1 aliphatic heterocycles. The Hall–Kier alpha value is -1.60. The summed E-state index contributed by atoms with van der Waals surface area (Å²) in [7, 11) is 0. The molecule has 1 saturated carbocycles. The normalized spacial score (nSPS) is 24.4. The number of piperidine rings is 1. The van der Waals surface area contributed by atoms with Gasteiger partial charge in [0.05, 0.1) is 11.4 Å². The van der Waals surface area contributed by atoms with Crippen LogP contribution in [0.1, 0.15) is 58.8 Å². The molecule has 0 bridgehead atoms. The van der Waals surface area contributed by atoms with Gasteiger partial charge in [-0.05, 0) is 68.5 Å². The van der Waals surface area contributed by atoms with Gasteiger partial charge in [-0.2, -0.15) is 0 Å². The number of para-hydroxylation sites is 1. The molecule has 0 radical (unpaired) electrons. The molecular formula is C26H45N5O. The zero-order chi connectivity index (χ0) is 22.9. The summed E-state index contributed by atoms with van der Waals surface area (Å²) in [5, 5.41) is 14.8. The Kier molecular flexibility index (Phi) is 9.85. The topological polar surface area (TPSA) is 90.8 Å². The van der Waals surface area contributed by atoms with Crippen LogP contribution in [0.25, 0.3) is 0 Å². The molecule has 32 heavy (non-hydrogen) atoms. The van der Waals surface area contributed by atoms with Crippen LogP contribution >= 0.6 is 0 Å². The Labute approximate surface area is 195 Å². The van der Waals surface area contributed by atoms with Crippen molar-refractivity contribution in [3.05, 3.63) is 41.7 Å². The summed E-state index contributed by atoms with van der Waals surface area (Å²) < 4.78 is 0. The maximum atomic E-state index is 9.29. The number of benzene rings is 1. The first-order valence-corrected chi connectivity index (χ1v) is 12.6. The van der Waals surface area contributed by atoms with Crippen LogP contribution in [-0.4, -0.2) is 48.8 Å². The third-order valence-corrected chi connectivity index (χ3v) is 7.18. The van der Waals surface area contributed by atoms with Crippen molar-refractivity contribution in [2.24, 2.45) is 29.3 Å². The molecule has 1 aromatic carbocycles. The number of nitrogens with one attached hydrogen (secondary N) is 1. The van der Waals surface area contributed by atoms with E-state index in [9.17, 15) is 5.11 Å². The van der Waals surface area contributed by atoms with E-state index in [4.69, 9.17) is 11.6 Å². The van der Waals surface area contributed by atoms with Gasteiger partial charge in [0.1, 0.15) is 0 Å². The summed E-state index contributed by atoms with van der Waals surface area (Å²) in [6.07, 6.45) is 7.81. The number of unbranched alkanes of at least 4 members (excludes halogenated alkanes) is 1. The molecule has 0 aromatic heterocycles. The summed E-state index contributed by atoms with van der Waals surface area (Å²) in [5.74, 6) is 8.72. The molecule has 1 aromatic rings. The number of nitrogens with zero attached hydrogens (tertiary/aromatic N) is 2. The van der Waals surface area contributed by atoms with Gasteiger partial charge in [0.15, 0.2) is 0 Å². The lowest BCUT2D eigenvalue weighted by atomic mass is 9.72. The highest BCUT2D eigenvalue weighted by Gasteiger charge is 2.38. The number of allylic oxidation sites excluding steroid dienone is 1. The lowest BCUT2D eigenvalue weighted by Gasteiger charge is -2.47. The van der Waals surface area contributed by atoms with Gasteiger partial charge >= 0.3 is 0 Å². The quantitative estimate of drug-likeness (QED) is 0.238. The van der Waals surface area contributed by atoms with E-state index in [2.05, 4.69) is 24.1 Å². The molecule has 0 spiro atoms. The molecule has 6 heteroatoms. The number of aliphatic hydroxyl groups is 1. The number of fused-ring (bicyclic) bond motifs is 1. The first-order valence-electron chi connectivity index (χ1n) is 12.6. The van der Waals surface area contributed by atoms with E-state index in [0.29, 0.717) is 12.0 Å².